The number of H-pyrrole nitrogens is 1. The number of pyridine rings is 1. The first kappa shape index (κ1) is 14.5. The predicted octanol–water partition coefficient (Wildman–Crippen LogP) is 3.52. The van der Waals surface area contributed by atoms with Gasteiger partial charge in [0.1, 0.15) is 11.1 Å². The number of hydrogen-bond acceptors (Lipinski definition) is 6. The van der Waals surface area contributed by atoms with Gasteiger partial charge in [0.15, 0.2) is 5.82 Å². The average molecular weight is 349 g/mol. The van der Waals surface area contributed by atoms with E-state index >= 15 is 0 Å². The van der Waals surface area contributed by atoms with Gasteiger partial charge >= 0.3 is 0 Å². The number of thioether (sulfide) groups is 1. The molecule has 6 nitrogen and oxygen atoms in total. The van der Waals surface area contributed by atoms with Crippen LogP contribution in [0, 0.1) is 0 Å². The van der Waals surface area contributed by atoms with Gasteiger partial charge in [-0.25, -0.2) is 0 Å². The molecule has 2 aromatic heterocycles. The van der Waals surface area contributed by atoms with Crippen molar-refractivity contribution in [1.82, 2.24) is 20.2 Å². The molecule has 0 radical (unpaired) electrons. The summed E-state index contributed by atoms with van der Waals surface area (Å²) in [5.74, 6) is 2.37. The van der Waals surface area contributed by atoms with Crippen LogP contribution in [-0.4, -0.2) is 26.8 Å². The molecule has 1 unspecified atom stereocenters. The number of ether oxygens (including phenoxy) is 1. The van der Waals surface area contributed by atoms with Gasteiger partial charge in [-0.05, 0) is 40.8 Å². The number of anilines is 1. The molecular weight excluding hydrogens is 334 g/mol. The van der Waals surface area contributed by atoms with E-state index in [4.69, 9.17) is 4.74 Å². The molecule has 2 aliphatic heterocycles. The van der Waals surface area contributed by atoms with Crippen molar-refractivity contribution in [1.29, 1.82) is 0 Å². The average Bonchev–Trinajstić information content (AvgIpc) is 3.40. The van der Waals surface area contributed by atoms with Crippen LogP contribution in [0.5, 0.6) is 5.75 Å². The zero-order chi connectivity index (χ0) is 16.6. The summed E-state index contributed by atoms with van der Waals surface area (Å²) in [7, 11) is 0. The van der Waals surface area contributed by atoms with Gasteiger partial charge in [0.2, 0.25) is 5.95 Å². The lowest BCUT2D eigenvalue weighted by Gasteiger charge is -2.22. The third-order valence-corrected chi connectivity index (χ3v) is 5.36. The standard InChI is InChI=1S/C18H15N5OS/c1-2-14(11-19-6-1)16-20-18(22-21-16)23-7-9-25-17(23)13-3-4-15-12(10-13)5-8-24-15/h1-4,6-7,9-11,17H,5,8H2,(H,20,21,22). The molecule has 7 heteroatoms. The van der Waals surface area contributed by atoms with Crippen molar-refractivity contribution in [2.75, 3.05) is 11.5 Å². The molecule has 0 bridgehead atoms. The predicted molar refractivity (Wildman–Crippen MR) is 97.2 cm³/mol. The molecule has 1 N–H and O–H groups in total. The maximum Gasteiger partial charge on any atom is 0.250 e. The first-order valence-corrected chi connectivity index (χ1v) is 9.02. The first-order chi connectivity index (χ1) is 12.4. The fourth-order valence-corrected chi connectivity index (χ4v) is 4.04. The Bertz CT molecular complexity index is 940. The lowest BCUT2D eigenvalue weighted by molar-refractivity contribution is 0.357. The van der Waals surface area contributed by atoms with Gasteiger partial charge in [-0.1, -0.05) is 6.07 Å². The molecule has 1 atom stereocenters. The Balaban J connectivity index is 1.45. The number of nitrogens with one attached hydrogen (secondary N) is 1. The molecule has 3 aromatic rings. The highest BCUT2D eigenvalue weighted by molar-refractivity contribution is 8.02. The van der Waals surface area contributed by atoms with Crippen LogP contribution in [0.15, 0.2) is 54.3 Å². The Kier molecular flexibility index (Phi) is 3.45. The van der Waals surface area contributed by atoms with Gasteiger partial charge in [0, 0.05) is 30.6 Å². The van der Waals surface area contributed by atoms with Crippen LogP contribution in [0.2, 0.25) is 0 Å². The maximum absolute atomic E-state index is 5.61. The number of nitrogens with zero attached hydrogens (tertiary/aromatic N) is 4. The van der Waals surface area contributed by atoms with Crippen LogP contribution < -0.4 is 9.64 Å². The van der Waals surface area contributed by atoms with E-state index < -0.39 is 0 Å². The monoisotopic (exact) mass is 349 g/mol. The van der Waals surface area contributed by atoms with Crippen LogP contribution >= 0.6 is 11.8 Å². The van der Waals surface area contributed by atoms with E-state index in [1.54, 1.807) is 24.2 Å². The molecule has 1 aromatic carbocycles. The Labute approximate surface area is 149 Å². The zero-order valence-electron chi connectivity index (χ0n) is 13.3. The summed E-state index contributed by atoms with van der Waals surface area (Å²) in [4.78, 5) is 10.9. The molecule has 5 rings (SSSR count). The number of aromatic nitrogens is 4. The minimum Gasteiger partial charge on any atom is -0.493 e. The van der Waals surface area contributed by atoms with Crippen molar-refractivity contribution in [2.24, 2.45) is 0 Å². The number of rotatable bonds is 3. The van der Waals surface area contributed by atoms with E-state index in [1.807, 2.05) is 18.3 Å². The molecular formula is C18H15N5OS. The van der Waals surface area contributed by atoms with Crippen molar-refractivity contribution < 1.29 is 4.74 Å². The van der Waals surface area contributed by atoms with Gasteiger partial charge in [-0.15, -0.1) is 16.9 Å². The van der Waals surface area contributed by atoms with E-state index in [-0.39, 0.29) is 5.37 Å². The van der Waals surface area contributed by atoms with Gasteiger partial charge in [-0.3, -0.25) is 15.0 Å². The van der Waals surface area contributed by atoms with E-state index in [1.165, 1.54) is 11.1 Å². The second kappa shape index (κ2) is 5.93. The van der Waals surface area contributed by atoms with Gasteiger partial charge in [0.25, 0.3) is 0 Å². The normalized spacial score (nSPS) is 18.4. The highest BCUT2D eigenvalue weighted by atomic mass is 32.2. The Hall–Kier alpha value is -2.80. The fraction of sp³-hybridized carbons (Fsp3) is 0.167. The van der Waals surface area contributed by atoms with E-state index in [0.29, 0.717) is 5.95 Å². The Morgan fingerprint density at radius 2 is 2.28 bits per heavy atom. The topological polar surface area (TPSA) is 66.9 Å². The van der Waals surface area contributed by atoms with E-state index in [9.17, 15) is 0 Å². The largest absolute Gasteiger partial charge is 0.493 e. The Morgan fingerprint density at radius 1 is 1.28 bits per heavy atom. The number of hydrogen-bond donors (Lipinski definition) is 1. The third kappa shape index (κ3) is 2.56. The molecule has 0 aliphatic carbocycles. The van der Waals surface area contributed by atoms with Crippen molar-refractivity contribution in [2.45, 2.75) is 11.8 Å². The van der Waals surface area contributed by atoms with Gasteiger partial charge in [-0.2, -0.15) is 4.98 Å². The van der Waals surface area contributed by atoms with Crippen molar-refractivity contribution in [3.8, 4) is 17.1 Å². The second-order valence-electron chi connectivity index (χ2n) is 5.87. The molecule has 124 valence electrons. The number of fused-ring (bicyclic) bond motifs is 1. The molecule has 0 saturated heterocycles. The minimum atomic E-state index is 0.128. The number of benzene rings is 1. The smallest absolute Gasteiger partial charge is 0.250 e. The molecule has 0 saturated carbocycles. The molecule has 4 heterocycles. The Morgan fingerprint density at radius 3 is 3.20 bits per heavy atom. The summed E-state index contributed by atoms with van der Waals surface area (Å²) in [6, 6.07) is 10.3. The maximum atomic E-state index is 5.61. The van der Waals surface area contributed by atoms with Crippen LogP contribution in [-0.2, 0) is 6.42 Å². The SMILES string of the molecule is C1=CN(c2n[nH]c(-c3cccnc3)n2)C(c2ccc3c(c2)CCO3)S1. The first-order valence-electron chi connectivity index (χ1n) is 8.07. The molecule has 0 amide bonds. The third-order valence-electron chi connectivity index (χ3n) is 4.32. The van der Waals surface area contributed by atoms with Crippen molar-refractivity contribution in [3.63, 3.8) is 0 Å². The summed E-state index contributed by atoms with van der Waals surface area (Å²) < 4.78 is 5.61. The summed E-state index contributed by atoms with van der Waals surface area (Å²) in [6.45, 7) is 0.772. The lowest BCUT2D eigenvalue weighted by atomic mass is 10.1. The van der Waals surface area contributed by atoms with Crippen LogP contribution in [0.25, 0.3) is 11.4 Å². The number of aromatic amines is 1. The highest BCUT2D eigenvalue weighted by Gasteiger charge is 2.27. The van der Waals surface area contributed by atoms with Gasteiger partial charge in [0.05, 0.1) is 6.61 Å². The molecule has 25 heavy (non-hydrogen) atoms. The van der Waals surface area contributed by atoms with E-state index in [2.05, 4.69) is 48.7 Å². The van der Waals surface area contributed by atoms with Crippen molar-refractivity contribution >= 4 is 17.7 Å². The van der Waals surface area contributed by atoms with Crippen LogP contribution in [0.3, 0.4) is 0 Å². The van der Waals surface area contributed by atoms with Crippen LogP contribution in [0.1, 0.15) is 16.5 Å². The van der Waals surface area contributed by atoms with E-state index in [0.717, 1.165) is 30.2 Å². The van der Waals surface area contributed by atoms with Gasteiger partial charge < -0.3 is 4.74 Å². The summed E-state index contributed by atoms with van der Waals surface area (Å²) in [6.07, 6.45) is 6.51. The fourth-order valence-electron chi connectivity index (χ4n) is 3.09. The second-order valence-corrected chi connectivity index (χ2v) is 6.86. The molecule has 2 aliphatic rings. The summed E-state index contributed by atoms with van der Waals surface area (Å²) in [5.41, 5.74) is 3.42. The quantitative estimate of drug-likeness (QED) is 0.780. The highest BCUT2D eigenvalue weighted by Crippen LogP contribution is 2.42. The summed E-state index contributed by atoms with van der Waals surface area (Å²) in [5, 5.41) is 9.61. The zero-order valence-corrected chi connectivity index (χ0v) is 14.1. The summed E-state index contributed by atoms with van der Waals surface area (Å²) >= 11 is 1.75. The van der Waals surface area contributed by atoms with Crippen molar-refractivity contribution in [3.05, 3.63) is 65.5 Å². The van der Waals surface area contributed by atoms with Crippen LogP contribution in [0.4, 0.5) is 5.95 Å². The molecule has 0 spiro atoms. The lowest BCUT2D eigenvalue weighted by Crippen LogP contribution is -2.18. The molecule has 0 fully saturated rings. The minimum absolute atomic E-state index is 0.128.